The summed E-state index contributed by atoms with van der Waals surface area (Å²) >= 11 is 0. The molecule has 0 amide bonds. The molecule has 0 saturated carbocycles. The summed E-state index contributed by atoms with van der Waals surface area (Å²) in [5.74, 6) is 1.93. The average Bonchev–Trinajstić information content (AvgIpc) is 3.75. The first-order chi connectivity index (χ1) is 27.3. The van der Waals surface area contributed by atoms with E-state index in [9.17, 15) is 0 Å². The molecule has 0 aliphatic heterocycles. The van der Waals surface area contributed by atoms with Crippen LogP contribution in [0.25, 0.3) is 78.7 Å². The van der Waals surface area contributed by atoms with E-state index in [4.69, 9.17) is 15.0 Å². The van der Waals surface area contributed by atoms with Gasteiger partial charge >= 0.3 is 0 Å². The fourth-order valence-corrected chi connectivity index (χ4v) is 9.07. The van der Waals surface area contributed by atoms with Gasteiger partial charge in [0, 0.05) is 16.7 Å². The van der Waals surface area contributed by atoms with Gasteiger partial charge < -0.3 is 0 Å². The molecule has 0 unspecified atom stereocenters. The third kappa shape index (κ3) is 4.73. The third-order valence-corrected chi connectivity index (χ3v) is 11.4. The first-order valence-electron chi connectivity index (χ1n) is 18.8. The summed E-state index contributed by atoms with van der Waals surface area (Å²) in [5.41, 5.74) is 17.1. The summed E-state index contributed by atoms with van der Waals surface area (Å²) in [4.78, 5) is 16.0. The lowest BCUT2D eigenvalue weighted by Crippen LogP contribution is -2.25. The Labute approximate surface area is 320 Å². The summed E-state index contributed by atoms with van der Waals surface area (Å²) < 4.78 is 0. The molecule has 2 aliphatic rings. The minimum Gasteiger partial charge on any atom is -0.208 e. The largest absolute Gasteiger partial charge is 0.208 e. The van der Waals surface area contributed by atoms with Gasteiger partial charge in [0.25, 0.3) is 0 Å². The molecule has 0 bridgehead atoms. The van der Waals surface area contributed by atoms with Crippen LogP contribution in [-0.4, -0.2) is 15.0 Å². The molecule has 1 aromatic heterocycles. The van der Waals surface area contributed by atoms with Crippen molar-refractivity contribution in [1.29, 1.82) is 0 Å². The van der Waals surface area contributed by atoms with Gasteiger partial charge in [-0.1, -0.05) is 200 Å². The monoisotopic (exact) mass is 699 g/mol. The molecule has 55 heavy (non-hydrogen) atoms. The first-order valence-corrected chi connectivity index (χ1v) is 18.8. The zero-order valence-electron chi connectivity index (χ0n) is 29.9. The maximum Gasteiger partial charge on any atom is 0.164 e. The van der Waals surface area contributed by atoms with Crippen molar-refractivity contribution in [3.63, 3.8) is 0 Å². The lowest BCUT2D eigenvalue weighted by molar-refractivity contribution is 0.794. The number of fused-ring (bicyclic) bond motifs is 10. The number of nitrogens with zero attached hydrogens (tertiary/aromatic N) is 3. The molecule has 0 radical (unpaired) electrons. The normalized spacial score (nSPS) is 12.9. The van der Waals surface area contributed by atoms with E-state index in [1.54, 1.807) is 0 Å². The van der Waals surface area contributed by atoms with E-state index < -0.39 is 5.41 Å². The van der Waals surface area contributed by atoms with E-state index in [0.29, 0.717) is 17.5 Å². The van der Waals surface area contributed by atoms with Crippen molar-refractivity contribution in [2.45, 2.75) is 5.41 Å². The molecule has 0 saturated heterocycles. The molecule has 1 heterocycles. The molecule has 9 aromatic rings. The van der Waals surface area contributed by atoms with Crippen LogP contribution < -0.4 is 0 Å². The highest BCUT2D eigenvalue weighted by atomic mass is 15.0. The molecule has 0 atom stereocenters. The highest BCUT2D eigenvalue weighted by molar-refractivity contribution is 5.99. The van der Waals surface area contributed by atoms with Gasteiger partial charge in [-0.05, 0) is 66.8 Å². The van der Waals surface area contributed by atoms with Gasteiger partial charge in [0.2, 0.25) is 0 Å². The van der Waals surface area contributed by atoms with Gasteiger partial charge in [0.1, 0.15) is 0 Å². The molecule has 0 N–H and O–H groups in total. The van der Waals surface area contributed by atoms with Crippen molar-refractivity contribution in [2.75, 3.05) is 0 Å². The van der Waals surface area contributed by atoms with Crippen LogP contribution in [0, 0.1) is 0 Å². The van der Waals surface area contributed by atoms with Crippen LogP contribution in [0.1, 0.15) is 22.3 Å². The number of aromatic nitrogens is 3. The highest BCUT2D eigenvalue weighted by Gasteiger charge is 2.52. The second kappa shape index (κ2) is 12.4. The smallest absolute Gasteiger partial charge is 0.164 e. The first kappa shape index (κ1) is 31.3. The molecule has 2 aliphatic carbocycles. The highest BCUT2D eigenvalue weighted by Crippen LogP contribution is 2.63. The number of benzene rings is 8. The van der Waals surface area contributed by atoms with E-state index in [0.717, 1.165) is 33.4 Å². The van der Waals surface area contributed by atoms with Crippen LogP contribution in [0.4, 0.5) is 0 Å². The molecular weight excluding hydrogens is 667 g/mol. The van der Waals surface area contributed by atoms with Crippen molar-refractivity contribution in [3.05, 3.63) is 222 Å². The van der Waals surface area contributed by atoms with E-state index in [1.165, 1.54) is 50.1 Å². The van der Waals surface area contributed by atoms with Crippen LogP contribution >= 0.6 is 0 Å². The lowest BCUT2D eigenvalue weighted by atomic mass is 9.70. The summed E-state index contributed by atoms with van der Waals surface area (Å²) in [6.45, 7) is 0. The Kier molecular flexibility index (Phi) is 7.08. The van der Waals surface area contributed by atoms with Gasteiger partial charge in [-0.2, -0.15) is 0 Å². The van der Waals surface area contributed by atoms with Crippen LogP contribution in [-0.2, 0) is 5.41 Å². The molecule has 256 valence electrons. The Hall–Kier alpha value is -7.23. The zero-order chi connectivity index (χ0) is 36.3. The predicted octanol–water partition coefficient (Wildman–Crippen LogP) is 12.6. The van der Waals surface area contributed by atoms with Crippen molar-refractivity contribution < 1.29 is 0 Å². The average molecular weight is 700 g/mol. The number of rotatable bonds is 5. The fraction of sp³-hybridized carbons (Fsp3) is 0.0192. The Balaban J connectivity index is 1.17. The summed E-state index contributed by atoms with van der Waals surface area (Å²) in [7, 11) is 0. The Morgan fingerprint density at radius 1 is 0.236 bits per heavy atom. The van der Waals surface area contributed by atoms with E-state index >= 15 is 0 Å². The number of hydrogen-bond acceptors (Lipinski definition) is 3. The van der Waals surface area contributed by atoms with Gasteiger partial charge in [-0.25, -0.2) is 15.0 Å². The Morgan fingerprint density at radius 3 is 1.27 bits per heavy atom. The van der Waals surface area contributed by atoms with Gasteiger partial charge in [-0.15, -0.1) is 0 Å². The fourth-order valence-electron chi connectivity index (χ4n) is 9.07. The SMILES string of the molecule is c1ccc(-c2ccc(-c3nc(-c4ccccc4-c4ccccc4)nc(-c4cccc5c4-c4ccccc4C54c5ccccc5-c5ccccc54)n3)cc2)cc1. The minimum absolute atomic E-state index is 0.457. The molecule has 11 rings (SSSR count). The topological polar surface area (TPSA) is 38.7 Å². The van der Waals surface area contributed by atoms with Gasteiger partial charge in [0.05, 0.1) is 5.41 Å². The van der Waals surface area contributed by atoms with Crippen LogP contribution in [0.3, 0.4) is 0 Å². The third-order valence-electron chi connectivity index (χ3n) is 11.4. The van der Waals surface area contributed by atoms with Crippen molar-refractivity contribution in [1.82, 2.24) is 15.0 Å². The van der Waals surface area contributed by atoms with Gasteiger partial charge in [0.15, 0.2) is 17.5 Å². The summed E-state index contributed by atoms with van der Waals surface area (Å²) in [5, 5.41) is 0. The molecule has 8 aromatic carbocycles. The van der Waals surface area contributed by atoms with Crippen molar-refractivity contribution in [3.8, 4) is 78.7 Å². The maximum absolute atomic E-state index is 5.38. The molecule has 0 fully saturated rings. The molecular formula is C52H33N3. The molecule has 1 spiro atoms. The van der Waals surface area contributed by atoms with E-state index in [-0.39, 0.29) is 0 Å². The van der Waals surface area contributed by atoms with Crippen LogP contribution in [0.15, 0.2) is 200 Å². The Bertz CT molecular complexity index is 2870. The predicted molar refractivity (Wildman–Crippen MR) is 223 cm³/mol. The van der Waals surface area contributed by atoms with Crippen molar-refractivity contribution >= 4 is 0 Å². The molecule has 3 heteroatoms. The lowest BCUT2D eigenvalue weighted by Gasteiger charge is -2.30. The summed E-state index contributed by atoms with van der Waals surface area (Å²) in [6.07, 6.45) is 0. The van der Waals surface area contributed by atoms with E-state index in [2.05, 4.69) is 188 Å². The summed E-state index contributed by atoms with van der Waals surface area (Å²) in [6, 6.07) is 71.3. The van der Waals surface area contributed by atoms with Gasteiger partial charge in [-0.3, -0.25) is 0 Å². The second-order valence-corrected chi connectivity index (χ2v) is 14.3. The standard InChI is InChI=1S/C52H33N3/c1-3-16-34(17-4-1)35-30-32-37(33-31-35)49-53-50(41-23-8-7-20-38(41)36-18-5-2-6-19-36)55-51(54-49)43-25-15-29-47-48(43)42-24-11-14-28-46(42)52(47)44-26-12-9-21-39(44)40-22-10-13-27-45(40)52/h1-33H. The molecule has 3 nitrogen and oxygen atoms in total. The van der Waals surface area contributed by atoms with Crippen LogP contribution in [0.5, 0.6) is 0 Å². The van der Waals surface area contributed by atoms with E-state index in [1.807, 2.05) is 12.1 Å². The second-order valence-electron chi connectivity index (χ2n) is 14.3. The maximum atomic E-state index is 5.38. The van der Waals surface area contributed by atoms with Crippen molar-refractivity contribution in [2.24, 2.45) is 0 Å². The quantitative estimate of drug-likeness (QED) is 0.179. The zero-order valence-corrected chi connectivity index (χ0v) is 29.9. The van der Waals surface area contributed by atoms with Crippen LogP contribution in [0.2, 0.25) is 0 Å². The minimum atomic E-state index is -0.457. The Morgan fingerprint density at radius 2 is 0.636 bits per heavy atom. The number of hydrogen-bond donors (Lipinski definition) is 0.